The Morgan fingerprint density at radius 1 is 1.19 bits per heavy atom. The van der Waals surface area contributed by atoms with Crippen LogP contribution in [0, 0.1) is 0 Å². The third kappa shape index (κ3) is 4.66. The number of rotatable bonds is 7. The number of para-hydroxylation sites is 2. The van der Waals surface area contributed by atoms with Gasteiger partial charge in [0.05, 0.1) is 5.75 Å². The minimum Gasteiger partial charge on any atom is -0.431 e. The van der Waals surface area contributed by atoms with Crippen molar-refractivity contribution in [3.05, 3.63) is 65.7 Å². The van der Waals surface area contributed by atoms with Gasteiger partial charge in [-0.2, -0.15) is 0 Å². The Labute approximate surface area is 163 Å². The van der Waals surface area contributed by atoms with E-state index >= 15 is 0 Å². The van der Waals surface area contributed by atoms with Gasteiger partial charge in [0.1, 0.15) is 11.3 Å². The monoisotopic (exact) mass is 397 g/mol. The van der Waals surface area contributed by atoms with E-state index in [0.29, 0.717) is 22.7 Å². The van der Waals surface area contributed by atoms with Gasteiger partial charge in [-0.1, -0.05) is 47.4 Å². The van der Waals surface area contributed by atoms with Crippen LogP contribution < -0.4 is 10.1 Å². The summed E-state index contributed by atoms with van der Waals surface area (Å²) >= 11 is 2.71. The lowest BCUT2D eigenvalue weighted by Crippen LogP contribution is -2.24. The summed E-state index contributed by atoms with van der Waals surface area (Å²) in [7, 11) is 0. The van der Waals surface area contributed by atoms with Crippen molar-refractivity contribution < 1.29 is 13.9 Å². The van der Waals surface area contributed by atoms with E-state index in [1.165, 1.54) is 23.1 Å². The molecule has 0 saturated heterocycles. The van der Waals surface area contributed by atoms with E-state index in [9.17, 15) is 4.79 Å². The number of carbonyl (C=O) groups excluding carboxylic acids is 1. The summed E-state index contributed by atoms with van der Waals surface area (Å²) in [5.41, 5.74) is 2.50. The number of amides is 1. The van der Waals surface area contributed by atoms with Crippen molar-refractivity contribution in [3.8, 4) is 10.9 Å². The Morgan fingerprint density at radius 2 is 2.04 bits per heavy atom. The molecule has 4 rings (SSSR count). The first-order chi connectivity index (χ1) is 13.3. The second kappa shape index (κ2) is 8.24. The molecule has 2 aromatic carbocycles. The number of carbonyl (C=O) groups is 1. The number of thiazole rings is 1. The zero-order valence-electron chi connectivity index (χ0n) is 14.1. The van der Waals surface area contributed by atoms with E-state index in [-0.39, 0.29) is 11.7 Å². The smallest absolute Gasteiger partial charge is 0.278 e. The van der Waals surface area contributed by atoms with Crippen LogP contribution in [-0.2, 0) is 11.3 Å². The van der Waals surface area contributed by atoms with Crippen molar-refractivity contribution >= 4 is 40.1 Å². The number of nitrogens with one attached hydrogen (secondary N) is 1. The summed E-state index contributed by atoms with van der Waals surface area (Å²) in [6.07, 6.45) is 1.70. The van der Waals surface area contributed by atoms with Crippen molar-refractivity contribution in [2.75, 3.05) is 5.75 Å². The fourth-order valence-electron chi connectivity index (χ4n) is 2.33. The fraction of sp³-hybridized carbons (Fsp3) is 0.105. The van der Waals surface area contributed by atoms with Crippen LogP contribution in [0.4, 0.5) is 0 Å². The van der Waals surface area contributed by atoms with Crippen LogP contribution in [0.3, 0.4) is 0 Å². The first-order valence-corrected chi connectivity index (χ1v) is 10.0. The number of hydrogen-bond donors (Lipinski definition) is 1. The van der Waals surface area contributed by atoms with Gasteiger partial charge < -0.3 is 14.5 Å². The van der Waals surface area contributed by atoms with Gasteiger partial charge in [0, 0.05) is 18.1 Å². The highest BCUT2D eigenvalue weighted by atomic mass is 32.2. The predicted octanol–water partition coefficient (Wildman–Crippen LogP) is 4.49. The minimum absolute atomic E-state index is 0.0784. The number of nitrogens with zero attached hydrogens (tertiary/aromatic N) is 2. The lowest BCUT2D eigenvalue weighted by atomic mass is 10.2. The lowest BCUT2D eigenvalue weighted by Gasteiger charge is -2.06. The molecule has 8 heteroatoms. The summed E-state index contributed by atoms with van der Waals surface area (Å²) < 4.78 is 11.2. The molecule has 0 unspecified atom stereocenters. The maximum atomic E-state index is 12.1. The molecule has 1 amide bonds. The van der Waals surface area contributed by atoms with E-state index < -0.39 is 0 Å². The second-order valence-electron chi connectivity index (χ2n) is 5.56. The normalized spacial score (nSPS) is 10.8. The largest absolute Gasteiger partial charge is 0.431 e. The average molecular weight is 397 g/mol. The van der Waals surface area contributed by atoms with Gasteiger partial charge in [-0.25, -0.2) is 9.97 Å². The molecule has 136 valence electrons. The van der Waals surface area contributed by atoms with Crippen LogP contribution in [0.1, 0.15) is 5.56 Å². The summed E-state index contributed by atoms with van der Waals surface area (Å²) in [4.78, 5) is 20.5. The van der Waals surface area contributed by atoms with Crippen LogP contribution in [0.15, 0.2) is 69.7 Å². The summed E-state index contributed by atoms with van der Waals surface area (Å²) in [5, 5.41) is 5.85. The molecular weight excluding hydrogens is 382 g/mol. The molecule has 2 aromatic heterocycles. The quantitative estimate of drug-likeness (QED) is 0.463. The number of benzene rings is 2. The molecule has 0 aliphatic heterocycles. The second-order valence-corrected chi connectivity index (χ2v) is 7.34. The number of thioether (sulfide) groups is 1. The molecule has 27 heavy (non-hydrogen) atoms. The fourth-order valence-corrected chi connectivity index (χ4v) is 3.50. The third-order valence-corrected chi connectivity index (χ3v) is 5.11. The van der Waals surface area contributed by atoms with Crippen molar-refractivity contribution in [1.82, 2.24) is 15.3 Å². The average Bonchev–Trinajstić information content (AvgIpc) is 3.35. The lowest BCUT2D eigenvalue weighted by molar-refractivity contribution is -0.118. The van der Waals surface area contributed by atoms with Gasteiger partial charge in [-0.15, -0.1) is 0 Å². The van der Waals surface area contributed by atoms with Crippen LogP contribution in [0.5, 0.6) is 10.9 Å². The molecular formula is C19H15N3O3S2. The molecule has 0 bridgehead atoms. The first-order valence-electron chi connectivity index (χ1n) is 8.17. The van der Waals surface area contributed by atoms with Crippen molar-refractivity contribution in [2.24, 2.45) is 0 Å². The van der Waals surface area contributed by atoms with Crippen molar-refractivity contribution in [1.29, 1.82) is 0 Å². The topological polar surface area (TPSA) is 77.2 Å². The highest BCUT2D eigenvalue weighted by molar-refractivity contribution is 7.99. The molecule has 0 atom stereocenters. The van der Waals surface area contributed by atoms with Gasteiger partial charge in [-0.3, -0.25) is 4.79 Å². The summed E-state index contributed by atoms with van der Waals surface area (Å²) in [5.74, 6) is 0.884. The number of aromatic nitrogens is 2. The molecule has 0 radical (unpaired) electrons. The number of fused-ring (bicyclic) bond motifs is 1. The highest BCUT2D eigenvalue weighted by Crippen LogP contribution is 2.24. The third-order valence-electron chi connectivity index (χ3n) is 3.63. The Balaban J connectivity index is 1.25. The first kappa shape index (κ1) is 17.6. The number of ether oxygens (including phenoxy) is 1. The maximum Gasteiger partial charge on any atom is 0.278 e. The van der Waals surface area contributed by atoms with E-state index in [2.05, 4.69) is 15.3 Å². The SMILES string of the molecule is O=C(CSc1nc2ccccc2o1)NCc1ccc(Oc2nccs2)cc1. The van der Waals surface area contributed by atoms with Gasteiger partial charge in [0.25, 0.3) is 10.4 Å². The highest BCUT2D eigenvalue weighted by Gasteiger charge is 2.09. The molecule has 2 heterocycles. The van der Waals surface area contributed by atoms with Gasteiger partial charge >= 0.3 is 0 Å². The van der Waals surface area contributed by atoms with Crippen LogP contribution in [0.25, 0.3) is 11.1 Å². The molecule has 0 fully saturated rings. The molecule has 0 aliphatic rings. The zero-order chi connectivity index (χ0) is 18.5. The molecule has 0 saturated carbocycles. The molecule has 6 nitrogen and oxygen atoms in total. The van der Waals surface area contributed by atoms with E-state index in [1.807, 2.05) is 53.9 Å². The molecule has 0 spiro atoms. The van der Waals surface area contributed by atoms with E-state index in [4.69, 9.17) is 9.15 Å². The summed E-state index contributed by atoms with van der Waals surface area (Å²) in [6.45, 7) is 0.449. The standard InChI is InChI=1S/C19H15N3O3S2/c23-17(12-27-19-22-15-3-1-2-4-16(15)25-19)21-11-13-5-7-14(8-6-13)24-18-20-9-10-26-18/h1-10H,11-12H2,(H,21,23). The van der Waals surface area contributed by atoms with E-state index in [0.717, 1.165) is 16.7 Å². The van der Waals surface area contributed by atoms with Crippen molar-refractivity contribution in [3.63, 3.8) is 0 Å². The van der Waals surface area contributed by atoms with Gasteiger partial charge in [0.15, 0.2) is 5.58 Å². The van der Waals surface area contributed by atoms with Gasteiger partial charge in [-0.05, 0) is 29.8 Å². The van der Waals surface area contributed by atoms with Crippen molar-refractivity contribution in [2.45, 2.75) is 11.8 Å². The van der Waals surface area contributed by atoms with Crippen LogP contribution in [-0.4, -0.2) is 21.6 Å². The Kier molecular flexibility index (Phi) is 5.36. The summed E-state index contributed by atoms with van der Waals surface area (Å²) in [6, 6.07) is 15.1. The molecule has 0 aliphatic carbocycles. The molecule has 1 N–H and O–H groups in total. The molecule has 4 aromatic rings. The Bertz CT molecular complexity index is 997. The van der Waals surface area contributed by atoms with Gasteiger partial charge in [0.2, 0.25) is 5.91 Å². The maximum absolute atomic E-state index is 12.1. The predicted molar refractivity (Wildman–Crippen MR) is 105 cm³/mol. The number of oxazole rings is 1. The van der Waals surface area contributed by atoms with Crippen LogP contribution in [0.2, 0.25) is 0 Å². The Hall–Kier alpha value is -2.84. The van der Waals surface area contributed by atoms with E-state index in [1.54, 1.807) is 6.20 Å². The minimum atomic E-state index is -0.0784. The van der Waals surface area contributed by atoms with Crippen LogP contribution >= 0.6 is 23.1 Å². The Morgan fingerprint density at radius 3 is 2.81 bits per heavy atom. The zero-order valence-corrected chi connectivity index (χ0v) is 15.8. The number of hydrogen-bond acceptors (Lipinski definition) is 7.